The van der Waals surface area contributed by atoms with E-state index in [0.717, 1.165) is 20.7 Å². The number of carbonyl (C=O) groups excluding carboxylic acids is 1. The lowest BCUT2D eigenvalue weighted by Crippen LogP contribution is -2.16. The number of hydrogen-bond acceptors (Lipinski definition) is 3. The van der Waals surface area contributed by atoms with Crippen molar-refractivity contribution < 1.29 is 4.79 Å². The number of allylic oxidation sites excluding steroid dienone is 1. The number of aromatic nitrogens is 1. The lowest BCUT2D eigenvalue weighted by Gasteiger charge is -2.05. The third-order valence-electron chi connectivity index (χ3n) is 3.48. The van der Waals surface area contributed by atoms with Crippen LogP contribution in [0.5, 0.6) is 0 Å². The molecule has 0 radical (unpaired) electrons. The van der Waals surface area contributed by atoms with Crippen LogP contribution in [0.1, 0.15) is 10.4 Å². The summed E-state index contributed by atoms with van der Waals surface area (Å²) in [4.78, 5) is 18.1. The van der Waals surface area contributed by atoms with Crippen molar-refractivity contribution in [2.24, 2.45) is 4.99 Å². The molecule has 0 N–H and O–H groups in total. The monoisotopic (exact) mass is 374 g/mol. The minimum atomic E-state index is -0.281. The van der Waals surface area contributed by atoms with Crippen LogP contribution in [0.3, 0.4) is 0 Å². The Hall–Kier alpha value is -1.95. The van der Waals surface area contributed by atoms with Crippen LogP contribution in [-0.2, 0) is 11.3 Å². The first-order valence-electron chi connectivity index (χ1n) is 7.30. The maximum Gasteiger partial charge on any atom is 0.272 e. The summed E-state index contributed by atoms with van der Waals surface area (Å²) in [6.07, 6.45) is 5.07. The largest absolute Gasteiger partial charge is 0.312 e. The number of thiophene rings is 1. The maximum absolute atomic E-state index is 12.2. The molecule has 0 aliphatic heterocycles. The molecular formula is C18H15ClN2OS2. The molecule has 6 heteroatoms. The topological polar surface area (TPSA) is 34.4 Å². The molecule has 24 heavy (non-hydrogen) atoms. The number of thiazole rings is 1. The normalized spacial score (nSPS) is 12.3. The molecule has 0 saturated carbocycles. The van der Waals surface area contributed by atoms with Crippen molar-refractivity contribution in [3.63, 3.8) is 0 Å². The first-order chi connectivity index (χ1) is 11.6. The van der Waals surface area contributed by atoms with E-state index in [-0.39, 0.29) is 5.91 Å². The lowest BCUT2D eigenvalue weighted by atomic mass is 10.2. The molecule has 3 nitrogen and oxygen atoms in total. The van der Waals surface area contributed by atoms with Gasteiger partial charge in [-0.15, -0.1) is 17.9 Å². The second kappa shape index (κ2) is 7.30. The van der Waals surface area contributed by atoms with E-state index in [0.29, 0.717) is 16.4 Å². The van der Waals surface area contributed by atoms with Gasteiger partial charge in [0, 0.05) is 22.5 Å². The van der Waals surface area contributed by atoms with Crippen LogP contribution >= 0.6 is 34.3 Å². The average Bonchev–Trinajstić information content (AvgIpc) is 3.18. The fraction of sp³-hybridized carbons (Fsp3) is 0.111. The second-order valence-electron chi connectivity index (χ2n) is 5.10. The number of amides is 1. The summed E-state index contributed by atoms with van der Waals surface area (Å²) in [5.74, 6) is -0.281. The molecule has 3 rings (SSSR count). The predicted molar refractivity (Wildman–Crippen MR) is 104 cm³/mol. The van der Waals surface area contributed by atoms with Gasteiger partial charge in [0.25, 0.3) is 5.91 Å². The van der Waals surface area contributed by atoms with Crippen LogP contribution in [0.15, 0.2) is 53.4 Å². The Morgan fingerprint density at radius 1 is 1.42 bits per heavy atom. The molecule has 0 fully saturated rings. The van der Waals surface area contributed by atoms with Crippen LogP contribution in [0.4, 0.5) is 0 Å². The molecule has 1 amide bonds. The number of rotatable bonds is 4. The van der Waals surface area contributed by atoms with E-state index < -0.39 is 0 Å². The Morgan fingerprint density at radius 2 is 2.25 bits per heavy atom. The quantitative estimate of drug-likeness (QED) is 0.464. The van der Waals surface area contributed by atoms with Gasteiger partial charge in [0.05, 0.1) is 10.2 Å². The van der Waals surface area contributed by atoms with Gasteiger partial charge in [-0.1, -0.05) is 35.1 Å². The molecule has 3 aromatic rings. The zero-order valence-corrected chi connectivity index (χ0v) is 15.4. The molecule has 1 aromatic carbocycles. The summed E-state index contributed by atoms with van der Waals surface area (Å²) in [6.45, 7) is 6.34. The van der Waals surface area contributed by atoms with Crippen LogP contribution in [0.2, 0.25) is 5.02 Å². The van der Waals surface area contributed by atoms with E-state index in [2.05, 4.69) is 11.6 Å². The molecule has 0 bridgehead atoms. The highest BCUT2D eigenvalue weighted by molar-refractivity contribution is 7.16. The van der Waals surface area contributed by atoms with Crippen molar-refractivity contribution in [3.05, 3.63) is 68.6 Å². The Morgan fingerprint density at radius 3 is 2.96 bits per heavy atom. The number of hydrogen-bond donors (Lipinski definition) is 0. The molecule has 0 saturated heterocycles. The van der Waals surface area contributed by atoms with Gasteiger partial charge in [-0.05, 0) is 42.1 Å². The Balaban J connectivity index is 2.07. The van der Waals surface area contributed by atoms with Gasteiger partial charge in [0.15, 0.2) is 4.80 Å². The maximum atomic E-state index is 12.2. The molecule has 0 spiro atoms. The van der Waals surface area contributed by atoms with E-state index in [1.807, 2.05) is 41.1 Å². The summed E-state index contributed by atoms with van der Waals surface area (Å²) in [6, 6.07) is 7.73. The van der Waals surface area contributed by atoms with Gasteiger partial charge in [0.1, 0.15) is 0 Å². The SMILES string of the molecule is C=CCn1c(=NC(=O)C=Cc2cccs2)sc2ccc(Cl)c(C)c21. The highest BCUT2D eigenvalue weighted by atomic mass is 35.5. The minimum Gasteiger partial charge on any atom is -0.312 e. The summed E-state index contributed by atoms with van der Waals surface area (Å²) >= 11 is 9.29. The molecule has 2 heterocycles. The van der Waals surface area contributed by atoms with Gasteiger partial charge < -0.3 is 4.57 Å². The van der Waals surface area contributed by atoms with E-state index >= 15 is 0 Å². The van der Waals surface area contributed by atoms with Gasteiger partial charge >= 0.3 is 0 Å². The van der Waals surface area contributed by atoms with Crippen molar-refractivity contribution >= 4 is 56.5 Å². The average molecular weight is 375 g/mol. The van der Waals surface area contributed by atoms with E-state index in [9.17, 15) is 4.79 Å². The summed E-state index contributed by atoms with van der Waals surface area (Å²) in [7, 11) is 0. The summed E-state index contributed by atoms with van der Waals surface area (Å²) < 4.78 is 3.03. The molecule has 122 valence electrons. The van der Waals surface area contributed by atoms with Crippen LogP contribution < -0.4 is 4.80 Å². The first kappa shape index (κ1) is 16.9. The van der Waals surface area contributed by atoms with Gasteiger partial charge in [-0.2, -0.15) is 4.99 Å². The van der Waals surface area contributed by atoms with Crippen LogP contribution in [0, 0.1) is 6.92 Å². The third kappa shape index (κ3) is 3.43. The Bertz CT molecular complexity index is 994. The zero-order chi connectivity index (χ0) is 17.1. The minimum absolute atomic E-state index is 0.281. The van der Waals surface area contributed by atoms with Crippen molar-refractivity contribution in [3.8, 4) is 0 Å². The molecular weight excluding hydrogens is 360 g/mol. The molecule has 0 unspecified atom stereocenters. The summed E-state index contributed by atoms with van der Waals surface area (Å²) in [5, 5.41) is 2.67. The van der Waals surface area contributed by atoms with Crippen molar-refractivity contribution in [1.29, 1.82) is 0 Å². The Kier molecular flexibility index (Phi) is 5.14. The van der Waals surface area contributed by atoms with Gasteiger partial charge in [-0.25, -0.2) is 0 Å². The Labute approximate surface area is 152 Å². The number of benzene rings is 1. The number of nitrogens with zero attached hydrogens (tertiary/aromatic N) is 2. The van der Waals surface area contributed by atoms with E-state index in [1.54, 1.807) is 23.5 Å². The van der Waals surface area contributed by atoms with Crippen molar-refractivity contribution in [1.82, 2.24) is 4.57 Å². The van der Waals surface area contributed by atoms with E-state index in [1.165, 1.54) is 17.4 Å². The molecule has 0 aliphatic carbocycles. The number of halogens is 1. The molecule has 2 aromatic heterocycles. The van der Waals surface area contributed by atoms with Crippen molar-refractivity contribution in [2.75, 3.05) is 0 Å². The lowest BCUT2D eigenvalue weighted by molar-refractivity contribution is -0.113. The highest BCUT2D eigenvalue weighted by Gasteiger charge is 2.10. The van der Waals surface area contributed by atoms with Crippen molar-refractivity contribution in [2.45, 2.75) is 13.5 Å². The van der Waals surface area contributed by atoms with Crippen LogP contribution in [-0.4, -0.2) is 10.5 Å². The van der Waals surface area contributed by atoms with E-state index in [4.69, 9.17) is 11.6 Å². The molecule has 0 atom stereocenters. The molecule has 0 aliphatic rings. The van der Waals surface area contributed by atoms with Gasteiger partial charge in [-0.3, -0.25) is 4.79 Å². The zero-order valence-electron chi connectivity index (χ0n) is 13.0. The van der Waals surface area contributed by atoms with Gasteiger partial charge in [0.2, 0.25) is 0 Å². The third-order valence-corrected chi connectivity index (χ3v) is 5.77. The van der Waals surface area contributed by atoms with Crippen LogP contribution in [0.25, 0.3) is 16.3 Å². The number of aryl methyl sites for hydroxylation is 1. The second-order valence-corrected chi connectivity index (χ2v) is 7.50. The number of carbonyl (C=O) groups is 1. The standard InChI is InChI=1S/C18H15ClN2OS2/c1-3-10-21-17-12(2)14(19)7-8-15(17)24-18(21)20-16(22)9-6-13-5-4-11-23-13/h3-9,11H,1,10H2,2H3. The first-order valence-corrected chi connectivity index (χ1v) is 9.37. The number of fused-ring (bicyclic) bond motifs is 1. The fourth-order valence-electron chi connectivity index (χ4n) is 2.37. The smallest absolute Gasteiger partial charge is 0.272 e. The fourth-order valence-corrected chi connectivity index (χ4v) is 4.25. The predicted octanol–water partition coefficient (Wildman–Crippen LogP) is 5.05. The highest BCUT2D eigenvalue weighted by Crippen LogP contribution is 2.27. The summed E-state index contributed by atoms with van der Waals surface area (Å²) in [5.41, 5.74) is 1.98.